The number of aliphatic hydroxyl groups is 1. The van der Waals surface area contributed by atoms with Gasteiger partial charge in [-0.05, 0) is 17.7 Å². The molecule has 1 aliphatic carbocycles. The van der Waals surface area contributed by atoms with Crippen molar-refractivity contribution < 1.29 is 53.4 Å². The first-order valence-corrected chi connectivity index (χ1v) is 7.69. The minimum absolute atomic E-state index is 0.319. The van der Waals surface area contributed by atoms with Crippen LogP contribution >= 0.6 is 15.9 Å². The normalized spacial score (nSPS) is 27.7. The molecule has 1 unspecified atom stereocenters. The van der Waals surface area contributed by atoms with Gasteiger partial charge in [-0.2, -0.15) is 43.9 Å². The quantitative estimate of drug-likeness (QED) is 0.544. The number of alkyl halides is 11. The maximum Gasteiger partial charge on any atom is 0.384 e. The molecule has 27 heavy (non-hydrogen) atoms. The highest BCUT2D eigenvalue weighted by molar-refractivity contribution is 9.10. The Labute approximate surface area is 152 Å². The molecular weight excluding hydrogens is 473 g/mol. The molecule has 1 nitrogen and oxygen atoms in total. The van der Waals surface area contributed by atoms with E-state index in [1.54, 1.807) is 0 Å². The van der Waals surface area contributed by atoms with Crippen LogP contribution in [0.3, 0.4) is 0 Å². The fourth-order valence-electron chi connectivity index (χ4n) is 2.61. The summed E-state index contributed by atoms with van der Waals surface area (Å²) in [6.07, 6.45) is -5.41. The van der Waals surface area contributed by atoms with Crippen molar-refractivity contribution in [3.05, 3.63) is 34.3 Å². The van der Waals surface area contributed by atoms with Crippen molar-refractivity contribution in [2.45, 2.75) is 47.8 Å². The third kappa shape index (κ3) is 2.52. The first-order chi connectivity index (χ1) is 11.9. The van der Waals surface area contributed by atoms with Gasteiger partial charge in [0.15, 0.2) is 0 Å². The van der Waals surface area contributed by atoms with Crippen LogP contribution < -0.4 is 0 Å². The van der Waals surface area contributed by atoms with Gasteiger partial charge in [-0.1, -0.05) is 28.1 Å². The number of hydrogen-bond donors (Lipinski definition) is 1. The maximum atomic E-state index is 14.5. The van der Waals surface area contributed by atoms with Gasteiger partial charge < -0.3 is 5.11 Å². The summed E-state index contributed by atoms with van der Waals surface area (Å²) in [6, 6.07) is 3.94. The predicted molar refractivity (Wildman–Crippen MR) is 72.3 cm³/mol. The van der Waals surface area contributed by atoms with E-state index in [2.05, 4.69) is 15.9 Å². The van der Waals surface area contributed by atoms with E-state index in [1.807, 2.05) is 0 Å². The van der Waals surface area contributed by atoms with Crippen molar-refractivity contribution in [1.29, 1.82) is 0 Å². The molecule has 0 spiro atoms. The van der Waals surface area contributed by atoms with E-state index in [-0.39, 0.29) is 0 Å². The van der Waals surface area contributed by atoms with E-state index in [0.717, 1.165) is 24.3 Å². The first-order valence-electron chi connectivity index (χ1n) is 6.90. The standard InChI is InChI=1S/C14H8BrF11O/c15-7-3-1-6(2-4-7)8(27)5-9(16)10(17,18)12(21,22)14(25,26)13(23,24)11(9,19)20/h1-4,8,27H,5H2. The lowest BCUT2D eigenvalue weighted by molar-refractivity contribution is -0.487. The van der Waals surface area contributed by atoms with Crippen molar-refractivity contribution in [2.24, 2.45) is 0 Å². The zero-order chi connectivity index (χ0) is 21.3. The van der Waals surface area contributed by atoms with Gasteiger partial charge in [0.1, 0.15) is 0 Å². The summed E-state index contributed by atoms with van der Waals surface area (Å²) in [5, 5.41) is 9.66. The molecule has 1 aromatic carbocycles. The first kappa shape index (κ1) is 22.2. The lowest BCUT2D eigenvalue weighted by Crippen LogP contribution is -2.83. The van der Waals surface area contributed by atoms with E-state index in [4.69, 9.17) is 0 Å². The molecule has 1 aliphatic rings. The average Bonchev–Trinajstić information content (AvgIpc) is 2.53. The van der Waals surface area contributed by atoms with E-state index in [0.29, 0.717) is 4.47 Å². The Hall–Kier alpha value is -1.11. The Morgan fingerprint density at radius 2 is 1.00 bits per heavy atom. The molecule has 0 aromatic heterocycles. The minimum atomic E-state index is -7.26. The molecule has 0 saturated heterocycles. The Kier molecular flexibility index (Phi) is 4.88. The van der Waals surface area contributed by atoms with Crippen LogP contribution in [0.25, 0.3) is 0 Å². The number of aliphatic hydroxyl groups excluding tert-OH is 1. The van der Waals surface area contributed by atoms with Crippen molar-refractivity contribution in [3.8, 4) is 0 Å². The summed E-state index contributed by atoms with van der Waals surface area (Å²) < 4.78 is 150. The zero-order valence-electron chi connectivity index (χ0n) is 12.6. The van der Waals surface area contributed by atoms with Crippen LogP contribution in [0, 0.1) is 0 Å². The largest absolute Gasteiger partial charge is 0.388 e. The molecule has 0 bridgehead atoms. The summed E-state index contributed by atoms with van der Waals surface area (Å²) in [5.74, 6) is -35.5. The molecule has 1 fully saturated rings. The molecule has 0 radical (unpaired) electrons. The monoisotopic (exact) mass is 480 g/mol. The minimum Gasteiger partial charge on any atom is -0.388 e. The fraction of sp³-hybridized carbons (Fsp3) is 0.571. The van der Waals surface area contributed by atoms with Crippen LogP contribution in [0.1, 0.15) is 18.1 Å². The number of hydrogen-bond acceptors (Lipinski definition) is 1. The molecule has 0 amide bonds. The smallest absolute Gasteiger partial charge is 0.384 e. The molecule has 0 aliphatic heterocycles. The Balaban J connectivity index is 2.62. The van der Waals surface area contributed by atoms with Crippen molar-refractivity contribution >= 4 is 15.9 Å². The van der Waals surface area contributed by atoms with Gasteiger partial charge in [-0.3, -0.25) is 0 Å². The predicted octanol–water partition coefficient (Wildman–Crippen LogP) is 5.77. The van der Waals surface area contributed by atoms with E-state index in [1.165, 1.54) is 0 Å². The van der Waals surface area contributed by atoms with E-state index in [9.17, 15) is 53.4 Å². The van der Waals surface area contributed by atoms with Gasteiger partial charge in [-0.15, -0.1) is 0 Å². The molecule has 2 rings (SSSR count). The van der Waals surface area contributed by atoms with Gasteiger partial charge in [0.2, 0.25) is 0 Å². The summed E-state index contributed by atoms with van der Waals surface area (Å²) >= 11 is 2.90. The van der Waals surface area contributed by atoms with Crippen LogP contribution in [-0.4, -0.2) is 40.4 Å². The summed E-state index contributed by atoms with van der Waals surface area (Å²) in [6.45, 7) is 0. The highest BCUT2D eigenvalue weighted by atomic mass is 79.9. The van der Waals surface area contributed by atoms with Gasteiger partial charge in [0.05, 0.1) is 6.10 Å². The number of benzene rings is 1. The highest BCUT2D eigenvalue weighted by Gasteiger charge is 3.00. The summed E-state index contributed by atoms with van der Waals surface area (Å²) in [4.78, 5) is 0. The number of rotatable bonds is 3. The van der Waals surface area contributed by atoms with Crippen LogP contribution in [0.15, 0.2) is 28.7 Å². The third-order valence-corrected chi connectivity index (χ3v) is 4.83. The molecule has 1 N–H and O–H groups in total. The Bertz CT molecular complexity index is 686. The second-order valence-electron chi connectivity index (χ2n) is 5.94. The Morgan fingerprint density at radius 3 is 1.37 bits per heavy atom. The van der Waals surface area contributed by atoms with E-state index < -0.39 is 53.4 Å². The molecule has 1 atom stereocenters. The lowest BCUT2D eigenvalue weighted by atomic mass is 9.69. The summed E-state index contributed by atoms with van der Waals surface area (Å²) in [5.41, 5.74) is -6.77. The second kappa shape index (κ2) is 5.94. The Morgan fingerprint density at radius 1 is 0.667 bits per heavy atom. The third-order valence-electron chi connectivity index (χ3n) is 4.30. The highest BCUT2D eigenvalue weighted by Crippen LogP contribution is 2.70. The molecule has 1 saturated carbocycles. The van der Waals surface area contributed by atoms with Crippen molar-refractivity contribution in [1.82, 2.24) is 0 Å². The van der Waals surface area contributed by atoms with Gasteiger partial charge in [0.25, 0.3) is 5.67 Å². The van der Waals surface area contributed by atoms with Crippen molar-refractivity contribution in [2.75, 3.05) is 0 Å². The van der Waals surface area contributed by atoms with E-state index >= 15 is 0 Å². The topological polar surface area (TPSA) is 20.2 Å². The zero-order valence-corrected chi connectivity index (χ0v) is 14.2. The average molecular weight is 481 g/mol. The fourth-order valence-corrected chi connectivity index (χ4v) is 2.88. The molecule has 154 valence electrons. The summed E-state index contributed by atoms with van der Waals surface area (Å²) in [7, 11) is 0. The van der Waals surface area contributed by atoms with Crippen LogP contribution in [0.2, 0.25) is 0 Å². The van der Waals surface area contributed by atoms with Gasteiger partial charge in [-0.25, -0.2) is 4.39 Å². The molecular formula is C14H8BrF11O. The van der Waals surface area contributed by atoms with Gasteiger partial charge >= 0.3 is 29.6 Å². The maximum absolute atomic E-state index is 14.5. The SMILES string of the molecule is OC(CC1(F)C(F)(F)C(F)(F)C(F)(F)C(F)(F)C1(F)F)c1ccc(Br)cc1. The van der Waals surface area contributed by atoms with Crippen LogP contribution in [0.5, 0.6) is 0 Å². The molecule has 1 aromatic rings. The van der Waals surface area contributed by atoms with Crippen LogP contribution in [-0.2, 0) is 0 Å². The van der Waals surface area contributed by atoms with Crippen molar-refractivity contribution in [3.63, 3.8) is 0 Å². The lowest BCUT2D eigenvalue weighted by Gasteiger charge is -2.52. The van der Waals surface area contributed by atoms with Crippen LogP contribution in [0.4, 0.5) is 48.3 Å². The number of halogens is 12. The molecule has 0 heterocycles. The van der Waals surface area contributed by atoms with Gasteiger partial charge in [0, 0.05) is 10.9 Å². The molecule has 13 heteroatoms. The second-order valence-corrected chi connectivity index (χ2v) is 6.86.